The SMILES string of the molecule is CO[C@H]1C[C@@H](CO)N(C(=O)c2[nH]ccc2C)C1. The highest BCUT2D eigenvalue weighted by molar-refractivity contribution is 5.94. The fourth-order valence-electron chi connectivity index (χ4n) is 2.29. The maximum Gasteiger partial charge on any atom is 0.270 e. The molecular weight excluding hydrogens is 220 g/mol. The van der Waals surface area contributed by atoms with Crippen LogP contribution in [-0.2, 0) is 4.74 Å². The average molecular weight is 238 g/mol. The lowest BCUT2D eigenvalue weighted by atomic mass is 10.2. The molecule has 1 amide bonds. The molecule has 0 radical (unpaired) electrons. The molecule has 2 heterocycles. The summed E-state index contributed by atoms with van der Waals surface area (Å²) >= 11 is 0. The van der Waals surface area contributed by atoms with Crippen molar-refractivity contribution in [2.24, 2.45) is 0 Å². The van der Waals surface area contributed by atoms with Gasteiger partial charge in [0.1, 0.15) is 5.69 Å². The van der Waals surface area contributed by atoms with E-state index < -0.39 is 0 Å². The predicted octanol–water partition coefficient (Wildman–Crippen LogP) is 0.545. The Morgan fingerprint density at radius 3 is 3.00 bits per heavy atom. The van der Waals surface area contributed by atoms with E-state index in [9.17, 15) is 9.90 Å². The summed E-state index contributed by atoms with van der Waals surface area (Å²) in [4.78, 5) is 16.9. The molecule has 1 saturated heterocycles. The van der Waals surface area contributed by atoms with Crippen LogP contribution in [0.4, 0.5) is 0 Å². The van der Waals surface area contributed by atoms with E-state index in [-0.39, 0.29) is 24.7 Å². The Bertz CT molecular complexity index is 402. The number of nitrogens with one attached hydrogen (secondary N) is 1. The average Bonchev–Trinajstić information content (AvgIpc) is 2.93. The molecule has 0 aromatic carbocycles. The first-order valence-electron chi connectivity index (χ1n) is 5.76. The second kappa shape index (κ2) is 4.89. The van der Waals surface area contributed by atoms with Crippen LogP contribution >= 0.6 is 0 Å². The van der Waals surface area contributed by atoms with Gasteiger partial charge in [0, 0.05) is 19.9 Å². The van der Waals surface area contributed by atoms with Crippen LogP contribution in [0.2, 0.25) is 0 Å². The highest BCUT2D eigenvalue weighted by atomic mass is 16.5. The molecule has 2 atom stereocenters. The Morgan fingerprint density at radius 1 is 1.71 bits per heavy atom. The Balaban J connectivity index is 2.16. The third kappa shape index (κ3) is 2.21. The normalized spacial score (nSPS) is 24.3. The molecule has 17 heavy (non-hydrogen) atoms. The maximum absolute atomic E-state index is 12.3. The molecule has 5 nitrogen and oxygen atoms in total. The Morgan fingerprint density at radius 2 is 2.47 bits per heavy atom. The number of hydrogen-bond acceptors (Lipinski definition) is 3. The van der Waals surface area contributed by atoms with Crippen molar-refractivity contribution < 1.29 is 14.6 Å². The quantitative estimate of drug-likeness (QED) is 0.808. The van der Waals surface area contributed by atoms with Crippen LogP contribution in [0.5, 0.6) is 0 Å². The van der Waals surface area contributed by atoms with Crippen LogP contribution in [0.3, 0.4) is 0 Å². The Hall–Kier alpha value is -1.33. The zero-order valence-corrected chi connectivity index (χ0v) is 10.1. The van der Waals surface area contributed by atoms with Gasteiger partial charge in [0.15, 0.2) is 0 Å². The van der Waals surface area contributed by atoms with E-state index in [2.05, 4.69) is 4.98 Å². The topological polar surface area (TPSA) is 65.6 Å². The summed E-state index contributed by atoms with van der Waals surface area (Å²) in [5.41, 5.74) is 1.52. The summed E-state index contributed by atoms with van der Waals surface area (Å²) < 4.78 is 5.26. The van der Waals surface area contributed by atoms with Gasteiger partial charge in [0.05, 0.1) is 18.8 Å². The number of carbonyl (C=O) groups excluding carboxylic acids is 1. The van der Waals surface area contributed by atoms with Gasteiger partial charge in [-0.1, -0.05) is 0 Å². The van der Waals surface area contributed by atoms with Crippen molar-refractivity contribution in [3.63, 3.8) is 0 Å². The van der Waals surface area contributed by atoms with Crippen molar-refractivity contribution in [2.75, 3.05) is 20.3 Å². The molecule has 1 aromatic rings. The zero-order valence-electron chi connectivity index (χ0n) is 10.1. The van der Waals surface area contributed by atoms with E-state index in [1.54, 1.807) is 18.2 Å². The summed E-state index contributed by atoms with van der Waals surface area (Å²) in [7, 11) is 1.63. The Kier molecular flexibility index (Phi) is 3.49. The number of H-pyrrole nitrogens is 1. The minimum Gasteiger partial charge on any atom is -0.394 e. The number of methoxy groups -OCH3 is 1. The first-order chi connectivity index (χ1) is 8.17. The highest BCUT2D eigenvalue weighted by Gasteiger charge is 2.35. The lowest BCUT2D eigenvalue weighted by Gasteiger charge is -2.22. The zero-order chi connectivity index (χ0) is 12.4. The molecule has 2 rings (SSSR count). The first kappa shape index (κ1) is 12.1. The van der Waals surface area contributed by atoms with E-state index in [1.807, 2.05) is 13.0 Å². The molecule has 0 aliphatic carbocycles. The number of carbonyl (C=O) groups is 1. The number of likely N-dealkylation sites (tertiary alicyclic amines) is 1. The molecule has 0 spiro atoms. The van der Waals surface area contributed by atoms with E-state index in [1.165, 1.54) is 0 Å². The first-order valence-corrected chi connectivity index (χ1v) is 5.76. The minimum atomic E-state index is -0.143. The van der Waals surface area contributed by atoms with Gasteiger partial charge >= 0.3 is 0 Å². The van der Waals surface area contributed by atoms with Gasteiger partial charge in [-0.15, -0.1) is 0 Å². The van der Waals surface area contributed by atoms with Gasteiger partial charge in [-0.25, -0.2) is 0 Å². The number of aromatic nitrogens is 1. The third-order valence-corrected chi connectivity index (χ3v) is 3.35. The summed E-state index contributed by atoms with van der Waals surface area (Å²) in [5, 5.41) is 9.31. The number of hydrogen-bond donors (Lipinski definition) is 2. The fourth-order valence-corrected chi connectivity index (χ4v) is 2.29. The van der Waals surface area contributed by atoms with Crippen molar-refractivity contribution >= 4 is 5.91 Å². The molecular formula is C12H18N2O3. The number of amides is 1. The lowest BCUT2D eigenvalue weighted by Crippen LogP contribution is -2.38. The molecule has 0 saturated carbocycles. The molecule has 1 aromatic heterocycles. The van der Waals surface area contributed by atoms with E-state index >= 15 is 0 Å². The molecule has 1 aliphatic rings. The summed E-state index contributed by atoms with van der Waals surface area (Å²) in [5.74, 6) is -0.0638. The molecule has 0 unspecified atom stereocenters. The Labute approximate surface area is 100 Å². The molecule has 0 bridgehead atoms. The van der Waals surface area contributed by atoms with Gasteiger partial charge < -0.3 is 19.7 Å². The molecule has 2 N–H and O–H groups in total. The van der Waals surface area contributed by atoms with Crippen molar-refractivity contribution in [1.29, 1.82) is 0 Å². The number of nitrogens with zero attached hydrogens (tertiary/aromatic N) is 1. The van der Waals surface area contributed by atoms with Crippen molar-refractivity contribution in [1.82, 2.24) is 9.88 Å². The number of aromatic amines is 1. The van der Waals surface area contributed by atoms with E-state index in [0.717, 1.165) is 5.56 Å². The van der Waals surface area contributed by atoms with Crippen LogP contribution in [0.15, 0.2) is 12.3 Å². The number of aliphatic hydroxyl groups excluding tert-OH is 1. The third-order valence-electron chi connectivity index (χ3n) is 3.35. The van der Waals surface area contributed by atoms with Gasteiger partial charge in [-0.05, 0) is 25.0 Å². The second-order valence-corrected chi connectivity index (χ2v) is 4.42. The van der Waals surface area contributed by atoms with Gasteiger partial charge in [-0.2, -0.15) is 0 Å². The molecule has 1 aliphatic heterocycles. The van der Waals surface area contributed by atoms with Crippen molar-refractivity contribution in [3.8, 4) is 0 Å². The highest BCUT2D eigenvalue weighted by Crippen LogP contribution is 2.22. The molecule has 5 heteroatoms. The number of aryl methyl sites for hydroxylation is 1. The van der Waals surface area contributed by atoms with Crippen molar-refractivity contribution in [3.05, 3.63) is 23.5 Å². The summed E-state index contributed by atoms with van der Waals surface area (Å²) in [6.07, 6.45) is 2.46. The molecule has 1 fully saturated rings. The number of rotatable bonds is 3. The van der Waals surface area contributed by atoms with Crippen LogP contribution in [-0.4, -0.2) is 53.3 Å². The predicted molar refractivity (Wildman–Crippen MR) is 62.9 cm³/mol. The second-order valence-electron chi connectivity index (χ2n) is 4.42. The minimum absolute atomic E-state index is 0.0198. The molecule has 94 valence electrons. The lowest BCUT2D eigenvalue weighted by molar-refractivity contribution is 0.0642. The van der Waals surface area contributed by atoms with Crippen LogP contribution in [0.25, 0.3) is 0 Å². The van der Waals surface area contributed by atoms with Crippen molar-refractivity contribution in [2.45, 2.75) is 25.5 Å². The maximum atomic E-state index is 12.3. The van der Waals surface area contributed by atoms with Crippen LogP contribution < -0.4 is 0 Å². The van der Waals surface area contributed by atoms with E-state index in [0.29, 0.717) is 18.7 Å². The standard InChI is InChI=1S/C12H18N2O3/c1-8-3-4-13-11(8)12(16)14-6-10(17-2)5-9(14)7-15/h3-4,9-10,13,15H,5-7H2,1-2H3/t9-,10-/m0/s1. The summed E-state index contributed by atoms with van der Waals surface area (Å²) in [6, 6.07) is 1.72. The summed E-state index contributed by atoms with van der Waals surface area (Å²) in [6.45, 7) is 2.41. The van der Waals surface area contributed by atoms with Gasteiger partial charge in [0.25, 0.3) is 5.91 Å². The smallest absolute Gasteiger partial charge is 0.270 e. The van der Waals surface area contributed by atoms with Crippen LogP contribution in [0.1, 0.15) is 22.5 Å². The number of ether oxygens (including phenoxy) is 1. The van der Waals surface area contributed by atoms with Gasteiger partial charge in [-0.3, -0.25) is 4.79 Å². The number of aliphatic hydroxyl groups is 1. The van der Waals surface area contributed by atoms with Crippen LogP contribution in [0, 0.1) is 6.92 Å². The van der Waals surface area contributed by atoms with E-state index in [4.69, 9.17) is 4.74 Å². The van der Waals surface area contributed by atoms with Gasteiger partial charge in [0.2, 0.25) is 0 Å². The largest absolute Gasteiger partial charge is 0.394 e. The fraction of sp³-hybridized carbons (Fsp3) is 0.583. The monoisotopic (exact) mass is 238 g/mol.